The van der Waals surface area contributed by atoms with Crippen LogP contribution in [0.4, 0.5) is 10.8 Å². The van der Waals surface area contributed by atoms with Crippen molar-refractivity contribution < 1.29 is 14.3 Å². The second kappa shape index (κ2) is 10.1. The zero-order chi connectivity index (χ0) is 24.2. The van der Waals surface area contributed by atoms with Crippen LogP contribution in [-0.4, -0.2) is 47.3 Å². The van der Waals surface area contributed by atoms with Crippen molar-refractivity contribution in [3.63, 3.8) is 0 Å². The number of benzene rings is 1. The van der Waals surface area contributed by atoms with Crippen LogP contribution in [0.5, 0.6) is 11.5 Å². The summed E-state index contributed by atoms with van der Waals surface area (Å²) in [6, 6.07) is 4.98. The van der Waals surface area contributed by atoms with Gasteiger partial charge in [-0.3, -0.25) is 18.7 Å². The van der Waals surface area contributed by atoms with E-state index in [0.717, 1.165) is 36.9 Å². The Hall–Kier alpha value is -3.60. The van der Waals surface area contributed by atoms with E-state index in [9.17, 15) is 14.4 Å². The number of nitrogens with zero attached hydrogens (tertiary/aromatic N) is 4. The molecule has 34 heavy (non-hydrogen) atoms. The highest BCUT2D eigenvalue weighted by molar-refractivity contribution is 7.22. The van der Waals surface area contributed by atoms with Crippen LogP contribution in [0, 0.1) is 0 Å². The molecule has 1 amide bonds. The summed E-state index contributed by atoms with van der Waals surface area (Å²) in [5, 5.41) is 3.46. The molecule has 11 heteroatoms. The van der Waals surface area contributed by atoms with Gasteiger partial charge in [-0.1, -0.05) is 17.4 Å². The lowest BCUT2D eigenvalue weighted by Crippen LogP contribution is -2.41. The van der Waals surface area contributed by atoms with E-state index in [1.54, 1.807) is 18.2 Å². The summed E-state index contributed by atoms with van der Waals surface area (Å²) in [6.07, 6.45) is 4.74. The van der Waals surface area contributed by atoms with E-state index < -0.39 is 17.2 Å². The first-order chi connectivity index (χ1) is 16.4. The summed E-state index contributed by atoms with van der Waals surface area (Å²) in [6.45, 7) is 5.08. The predicted octanol–water partition coefficient (Wildman–Crippen LogP) is 2.45. The van der Waals surface area contributed by atoms with Gasteiger partial charge in [0.2, 0.25) is 5.91 Å². The molecule has 4 rings (SSSR count). The Balaban J connectivity index is 1.72. The number of thiazole rings is 1. The highest BCUT2D eigenvalue weighted by atomic mass is 32.1. The third-order valence-electron chi connectivity index (χ3n) is 5.63. The first kappa shape index (κ1) is 23.6. The number of piperidine rings is 1. The lowest BCUT2D eigenvalue weighted by molar-refractivity contribution is -0.116. The topological polar surface area (TPSA) is 108 Å². The highest BCUT2D eigenvalue weighted by Gasteiger charge is 2.22. The molecule has 2 aromatic heterocycles. The maximum absolute atomic E-state index is 13.2. The number of allylic oxidation sites excluding steroid dienone is 1. The van der Waals surface area contributed by atoms with Crippen molar-refractivity contribution in [3.8, 4) is 11.5 Å². The minimum Gasteiger partial charge on any atom is -0.497 e. The van der Waals surface area contributed by atoms with Gasteiger partial charge in [0, 0.05) is 43.5 Å². The monoisotopic (exact) mass is 485 g/mol. The quantitative estimate of drug-likeness (QED) is 0.488. The third-order valence-corrected chi connectivity index (χ3v) is 6.72. The average molecular weight is 486 g/mol. The molecule has 180 valence electrons. The molecule has 3 heterocycles. The Morgan fingerprint density at radius 2 is 1.79 bits per heavy atom. The maximum atomic E-state index is 13.2. The third kappa shape index (κ3) is 4.69. The molecule has 0 bridgehead atoms. The van der Waals surface area contributed by atoms with Crippen LogP contribution in [0.25, 0.3) is 10.3 Å². The summed E-state index contributed by atoms with van der Waals surface area (Å²) < 4.78 is 13.2. The molecule has 0 radical (unpaired) electrons. The fraction of sp³-hybridized carbons (Fsp3) is 0.391. The van der Waals surface area contributed by atoms with Gasteiger partial charge in [-0.25, -0.2) is 9.78 Å². The van der Waals surface area contributed by atoms with Crippen LogP contribution in [-0.2, 0) is 17.9 Å². The summed E-state index contributed by atoms with van der Waals surface area (Å²) in [5.74, 6) is 0.578. The lowest BCUT2D eigenvalue weighted by atomic mass is 10.1. The molecule has 0 aliphatic carbocycles. The van der Waals surface area contributed by atoms with Gasteiger partial charge in [0.05, 0.1) is 14.2 Å². The van der Waals surface area contributed by atoms with Gasteiger partial charge in [0.15, 0.2) is 10.8 Å². The average Bonchev–Trinajstić information content (AvgIpc) is 3.30. The minimum absolute atomic E-state index is 0.0409. The number of hydrogen-bond donors (Lipinski definition) is 1. The van der Waals surface area contributed by atoms with Crippen molar-refractivity contribution in [1.82, 2.24) is 14.1 Å². The van der Waals surface area contributed by atoms with Crippen LogP contribution in [0.3, 0.4) is 0 Å². The smallest absolute Gasteiger partial charge is 0.333 e. The highest BCUT2D eigenvalue weighted by Crippen LogP contribution is 2.29. The maximum Gasteiger partial charge on any atom is 0.333 e. The Bertz CT molecular complexity index is 1310. The molecule has 1 aliphatic heterocycles. The number of nitrogens with one attached hydrogen (secondary N) is 1. The molecule has 1 saturated heterocycles. The van der Waals surface area contributed by atoms with Crippen molar-refractivity contribution in [2.45, 2.75) is 32.4 Å². The zero-order valence-corrected chi connectivity index (χ0v) is 20.0. The molecular formula is C23H27N5O5S. The van der Waals surface area contributed by atoms with Crippen LogP contribution in [0.1, 0.15) is 19.3 Å². The molecule has 1 fully saturated rings. The largest absolute Gasteiger partial charge is 0.497 e. The van der Waals surface area contributed by atoms with Crippen molar-refractivity contribution in [2.24, 2.45) is 0 Å². The number of fused-ring (bicyclic) bond motifs is 1. The van der Waals surface area contributed by atoms with Gasteiger partial charge in [-0.15, -0.1) is 6.58 Å². The van der Waals surface area contributed by atoms with Crippen LogP contribution < -0.4 is 30.9 Å². The van der Waals surface area contributed by atoms with Crippen molar-refractivity contribution in [3.05, 3.63) is 51.7 Å². The molecule has 1 N–H and O–H groups in total. The summed E-state index contributed by atoms with van der Waals surface area (Å²) >= 11 is 1.26. The molecular weight excluding hydrogens is 458 g/mol. The van der Waals surface area contributed by atoms with Crippen LogP contribution >= 0.6 is 11.3 Å². The minimum atomic E-state index is -0.605. The summed E-state index contributed by atoms with van der Waals surface area (Å²) in [4.78, 5) is 45.9. The van der Waals surface area contributed by atoms with E-state index >= 15 is 0 Å². The van der Waals surface area contributed by atoms with Gasteiger partial charge >= 0.3 is 5.69 Å². The van der Waals surface area contributed by atoms with Gasteiger partial charge in [0.25, 0.3) is 5.56 Å². The number of methoxy groups -OCH3 is 2. The van der Waals surface area contributed by atoms with Gasteiger partial charge in [-0.05, 0) is 19.3 Å². The number of ether oxygens (including phenoxy) is 2. The summed E-state index contributed by atoms with van der Waals surface area (Å²) in [5.41, 5.74) is -0.349. The van der Waals surface area contributed by atoms with E-state index in [0.29, 0.717) is 27.0 Å². The number of carbonyl (C=O) groups excluding carboxylic acids is 1. The Morgan fingerprint density at radius 3 is 2.41 bits per heavy atom. The number of carbonyl (C=O) groups is 1. The number of rotatable bonds is 8. The second-order valence-corrected chi connectivity index (χ2v) is 8.90. The SMILES string of the molecule is C=CCn1c(=O)c2sc(N3CCCCC3)nc2n(CC(=O)Nc2cc(OC)cc(OC)c2)c1=O. The zero-order valence-electron chi connectivity index (χ0n) is 19.2. The van der Waals surface area contributed by atoms with Crippen molar-refractivity contribution in [1.29, 1.82) is 0 Å². The van der Waals surface area contributed by atoms with E-state index in [-0.39, 0.29) is 18.7 Å². The van der Waals surface area contributed by atoms with E-state index in [1.807, 2.05) is 0 Å². The Kier molecular flexibility index (Phi) is 7.01. The number of anilines is 2. The lowest BCUT2D eigenvalue weighted by Gasteiger charge is -2.25. The number of amides is 1. The van der Waals surface area contributed by atoms with Gasteiger partial charge in [0.1, 0.15) is 22.7 Å². The van der Waals surface area contributed by atoms with Gasteiger partial charge in [-0.2, -0.15) is 0 Å². The van der Waals surface area contributed by atoms with Crippen molar-refractivity contribution >= 4 is 38.4 Å². The molecule has 0 atom stereocenters. The standard InChI is InChI=1S/C23H27N5O5S/c1-4-8-27-21(30)19-20(25-22(34-19)26-9-6-5-7-10-26)28(23(27)31)14-18(29)24-15-11-16(32-2)13-17(12-15)33-3/h4,11-13H,1,5-10,14H2,2-3H3,(H,24,29). The number of hydrogen-bond acceptors (Lipinski definition) is 8. The Labute approximate surface area is 200 Å². The fourth-order valence-corrected chi connectivity index (χ4v) is 5.02. The second-order valence-electron chi connectivity index (χ2n) is 7.92. The van der Waals surface area contributed by atoms with E-state index in [1.165, 1.54) is 36.2 Å². The molecule has 1 aromatic carbocycles. The van der Waals surface area contributed by atoms with E-state index in [4.69, 9.17) is 9.47 Å². The molecule has 0 unspecified atom stereocenters. The first-order valence-corrected chi connectivity index (χ1v) is 11.8. The molecule has 3 aromatic rings. The Morgan fingerprint density at radius 1 is 1.12 bits per heavy atom. The predicted molar refractivity (Wildman–Crippen MR) is 133 cm³/mol. The first-order valence-electron chi connectivity index (χ1n) is 11.0. The van der Waals surface area contributed by atoms with Crippen molar-refractivity contribution in [2.75, 3.05) is 37.5 Å². The molecule has 1 aliphatic rings. The van der Waals surface area contributed by atoms with E-state index in [2.05, 4.69) is 21.8 Å². The van der Waals surface area contributed by atoms with Crippen LogP contribution in [0.2, 0.25) is 0 Å². The fourth-order valence-electron chi connectivity index (χ4n) is 3.95. The molecule has 0 saturated carbocycles. The molecule has 10 nitrogen and oxygen atoms in total. The molecule has 0 spiro atoms. The summed E-state index contributed by atoms with van der Waals surface area (Å²) in [7, 11) is 3.03. The van der Waals surface area contributed by atoms with Gasteiger partial charge < -0.3 is 19.7 Å². The number of aromatic nitrogens is 3. The normalized spacial score (nSPS) is 13.6. The van der Waals surface area contributed by atoms with Crippen LogP contribution in [0.15, 0.2) is 40.4 Å².